The van der Waals surface area contributed by atoms with Crippen LogP contribution in [-0.2, 0) is 16.1 Å². The molecular formula is C14H23N3O2. The van der Waals surface area contributed by atoms with Gasteiger partial charge in [0, 0.05) is 32.1 Å². The first kappa shape index (κ1) is 14.1. The Labute approximate surface area is 114 Å². The monoisotopic (exact) mass is 265 g/mol. The highest BCUT2D eigenvalue weighted by molar-refractivity contribution is 5.75. The van der Waals surface area contributed by atoms with Gasteiger partial charge in [0.2, 0.25) is 5.91 Å². The molecule has 5 nitrogen and oxygen atoms in total. The van der Waals surface area contributed by atoms with E-state index in [2.05, 4.69) is 22.9 Å². The van der Waals surface area contributed by atoms with Crippen molar-refractivity contribution in [2.45, 2.75) is 25.4 Å². The van der Waals surface area contributed by atoms with Gasteiger partial charge in [0.1, 0.15) is 6.54 Å². The molecule has 2 N–H and O–H groups in total. The zero-order valence-corrected chi connectivity index (χ0v) is 11.7. The summed E-state index contributed by atoms with van der Waals surface area (Å²) < 4.78 is 6.83. The fraction of sp³-hybridized carbons (Fsp3) is 0.643. The Morgan fingerprint density at radius 2 is 2.37 bits per heavy atom. The van der Waals surface area contributed by atoms with E-state index < -0.39 is 0 Å². The van der Waals surface area contributed by atoms with Crippen molar-refractivity contribution in [3.8, 4) is 0 Å². The van der Waals surface area contributed by atoms with Gasteiger partial charge in [-0.3, -0.25) is 4.79 Å². The Hall–Kier alpha value is -1.33. The molecule has 1 saturated carbocycles. The molecule has 19 heavy (non-hydrogen) atoms. The van der Waals surface area contributed by atoms with Gasteiger partial charge >= 0.3 is 0 Å². The lowest BCUT2D eigenvalue weighted by atomic mass is 10.1. The summed E-state index contributed by atoms with van der Waals surface area (Å²) in [5.41, 5.74) is 1.27. The van der Waals surface area contributed by atoms with Gasteiger partial charge in [-0.1, -0.05) is 0 Å². The second kappa shape index (κ2) is 6.73. The number of carbonyl (C=O) groups is 1. The van der Waals surface area contributed by atoms with E-state index in [9.17, 15) is 4.79 Å². The van der Waals surface area contributed by atoms with Crippen LogP contribution in [0.2, 0.25) is 0 Å². The third-order valence-electron chi connectivity index (χ3n) is 3.49. The maximum atomic E-state index is 11.7. The zero-order chi connectivity index (χ0) is 13.7. The van der Waals surface area contributed by atoms with Gasteiger partial charge in [0.25, 0.3) is 0 Å². The third-order valence-corrected chi connectivity index (χ3v) is 3.49. The standard InChI is InChI=1S/C14H23N3O2/c1-15-14(11-3-4-11)12-5-7-17(9-12)10-13(18)16-6-8-19-2/h5,7,9,11,14-15H,3-4,6,8,10H2,1-2H3,(H,16,18). The molecule has 0 radical (unpaired) electrons. The lowest BCUT2D eigenvalue weighted by Gasteiger charge is -2.13. The van der Waals surface area contributed by atoms with Crippen LogP contribution in [0, 0.1) is 5.92 Å². The van der Waals surface area contributed by atoms with E-state index in [0.29, 0.717) is 25.7 Å². The van der Waals surface area contributed by atoms with E-state index in [1.54, 1.807) is 7.11 Å². The maximum Gasteiger partial charge on any atom is 0.239 e. The first-order valence-electron chi connectivity index (χ1n) is 6.83. The smallest absolute Gasteiger partial charge is 0.239 e. The predicted octanol–water partition coefficient (Wildman–Crippen LogP) is 0.921. The van der Waals surface area contributed by atoms with Crippen LogP contribution in [0.25, 0.3) is 0 Å². The van der Waals surface area contributed by atoms with Crippen molar-refractivity contribution in [2.75, 3.05) is 27.3 Å². The lowest BCUT2D eigenvalue weighted by molar-refractivity contribution is -0.121. The van der Waals surface area contributed by atoms with E-state index in [1.165, 1.54) is 18.4 Å². The minimum atomic E-state index is 0.0200. The molecule has 2 rings (SSSR count). The number of ether oxygens (including phenoxy) is 1. The molecule has 0 spiro atoms. The minimum absolute atomic E-state index is 0.0200. The van der Waals surface area contributed by atoms with E-state index in [4.69, 9.17) is 4.74 Å². The fourth-order valence-corrected chi connectivity index (χ4v) is 2.36. The molecule has 1 fully saturated rings. The summed E-state index contributed by atoms with van der Waals surface area (Å²) in [6, 6.07) is 2.53. The predicted molar refractivity (Wildman–Crippen MR) is 73.8 cm³/mol. The van der Waals surface area contributed by atoms with Crippen molar-refractivity contribution < 1.29 is 9.53 Å². The molecule has 1 aromatic rings. The first-order valence-corrected chi connectivity index (χ1v) is 6.83. The van der Waals surface area contributed by atoms with Gasteiger partial charge in [-0.15, -0.1) is 0 Å². The van der Waals surface area contributed by atoms with E-state index in [0.717, 1.165) is 5.92 Å². The van der Waals surface area contributed by atoms with Gasteiger partial charge in [-0.25, -0.2) is 0 Å². The molecule has 1 aromatic heterocycles. The van der Waals surface area contributed by atoms with Gasteiger partial charge in [0.15, 0.2) is 0 Å². The number of carbonyl (C=O) groups excluding carboxylic acids is 1. The third kappa shape index (κ3) is 4.08. The average Bonchev–Trinajstić information content (AvgIpc) is 3.12. The summed E-state index contributed by atoms with van der Waals surface area (Å²) in [6.07, 6.45) is 6.63. The van der Waals surface area contributed by atoms with E-state index >= 15 is 0 Å². The van der Waals surface area contributed by atoms with Crippen molar-refractivity contribution in [1.82, 2.24) is 15.2 Å². The number of hydrogen-bond acceptors (Lipinski definition) is 3. The second-order valence-corrected chi connectivity index (χ2v) is 5.06. The molecule has 1 aliphatic carbocycles. The molecule has 106 valence electrons. The maximum absolute atomic E-state index is 11.7. The minimum Gasteiger partial charge on any atom is -0.383 e. The van der Waals surface area contributed by atoms with Crippen LogP contribution >= 0.6 is 0 Å². The van der Waals surface area contributed by atoms with Crippen molar-refractivity contribution in [3.05, 3.63) is 24.0 Å². The quantitative estimate of drug-likeness (QED) is 0.687. The molecule has 0 aromatic carbocycles. The highest BCUT2D eigenvalue weighted by Gasteiger charge is 2.31. The van der Waals surface area contributed by atoms with Crippen LogP contribution in [0.4, 0.5) is 0 Å². The van der Waals surface area contributed by atoms with Crippen molar-refractivity contribution in [2.24, 2.45) is 5.92 Å². The fourth-order valence-electron chi connectivity index (χ4n) is 2.36. The number of hydrogen-bond donors (Lipinski definition) is 2. The largest absolute Gasteiger partial charge is 0.383 e. The number of nitrogens with one attached hydrogen (secondary N) is 2. The molecule has 5 heteroatoms. The van der Waals surface area contributed by atoms with Crippen molar-refractivity contribution >= 4 is 5.91 Å². The van der Waals surface area contributed by atoms with Gasteiger partial charge < -0.3 is 19.9 Å². The first-order chi connectivity index (χ1) is 9.24. The number of amides is 1. The van der Waals surface area contributed by atoms with Crippen LogP contribution < -0.4 is 10.6 Å². The van der Waals surface area contributed by atoms with Crippen molar-refractivity contribution in [3.63, 3.8) is 0 Å². The van der Waals surface area contributed by atoms with Crippen LogP contribution in [0.5, 0.6) is 0 Å². The molecule has 0 bridgehead atoms. The number of aromatic nitrogens is 1. The van der Waals surface area contributed by atoms with E-state index in [-0.39, 0.29) is 5.91 Å². The number of rotatable bonds is 8. The van der Waals surface area contributed by atoms with E-state index in [1.807, 2.05) is 17.8 Å². The normalized spacial score (nSPS) is 16.3. The topological polar surface area (TPSA) is 55.3 Å². The van der Waals surface area contributed by atoms with Crippen LogP contribution in [0.3, 0.4) is 0 Å². The SMILES string of the molecule is CNC(c1ccn(CC(=O)NCCOC)c1)C1CC1. The Balaban J connectivity index is 1.84. The molecule has 1 amide bonds. The summed E-state index contributed by atoms with van der Waals surface area (Å²) >= 11 is 0. The van der Waals surface area contributed by atoms with Crippen molar-refractivity contribution in [1.29, 1.82) is 0 Å². The van der Waals surface area contributed by atoms with Crippen LogP contribution in [0.1, 0.15) is 24.4 Å². The lowest BCUT2D eigenvalue weighted by Crippen LogP contribution is -2.30. The summed E-state index contributed by atoms with van der Waals surface area (Å²) in [7, 11) is 3.62. The van der Waals surface area contributed by atoms with Crippen LogP contribution in [-0.4, -0.2) is 37.8 Å². The zero-order valence-electron chi connectivity index (χ0n) is 11.7. The van der Waals surface area contributed by atoms with Gasteiger partial charge in [0.05, 0.1) is 6.61 Å². The molecular weight excluding hydrogens is 242 g/mol. The summed E-state index contributed by atoms with van der Waals surface area (Å²) in [4.78, 5) is 11.7. The number of nitrogens with zero attached hydrogens (tertiary/aromatic N) is 1. The molecule has 1 heterocycles. The Kier molecular flexibility index (Phi) is 4.99. The summed E-state index contributed by atoms with van der Waals surface area (Å²) in [6.45, 7) is 1.47. The second-order valence-electron chi connectivity index (χ2n) is 5.06. The summed E-state index contributed by atoms with van der Waals surface area (Å²) in [5.74, 6) is 0.781. The average molecular weight is 265 g/mol. The highest BCUT2D eigenvalue weighted by Crippen LogP contribution is 2.40. The van der Waals surface area contributed by atoms with Gasteiger partial charge in [-0.2, -0.15) is 0 Å². The Morgan fingerprint density at radius 1 is 1.58 bits per heavy atom. The van der Waals surface area contributed by atoms with Crippen LogP contribution in [0.15, 0.2) is 18.5 Å². The number of methoxy groups -OCH3 is 1. The molecule has 1 unspecified atom stereocenters. The molecule has 0 aliphatic heterocycles. The highest BCUT2D eigenvalue weighted by atomic mass is 16.5. The molecule has 1 atom stereocenters. The Morgan fingerprint density at radius 3 is 3.00 bits per heavy atom. The summed E-state index contributed by atoms with van der Waals surface area (Å²) in [5, 5.41) is 6.18. The molecule has 1 aliphatic rings. The molecule has 0 saturated heterocycles. The van der Waals surface area contributed by atoms with Gasteiger partial charge in [-0.05, 0) is 37.4 Å². The Bertz CT molecular complexity index is 413.